The molecule has 2 heterocycles. The molecule has 54 valence electrons. The zero-order chi connectivity index (χ0) is 7.68. The maximum atomic E-state index is 3.67. The standard InChI is InChI=1S/C3H3N8/c1-11-3(6-9-10-11)2-4-7-8-5-2/h1H2,(H,4,5,7,8)/q+1. The second kappa shape index (κ2) is 2.01. The summed E-state index contributed by atoms with van der Waals surface area (Å²) in [5.74, 6) is 0.698. The van der Waals surface area contributed by atoms with E-state index in [1.807, 2.05) is 0 Å². The number of nitrogens with one attached hydrogen (secondary N) is 1. The van der Waals surface area contributed by atoms with Gasteiger partial charge in [-0.2, -0.15) is 5.21 Å². The van der Waals surface area contributed by atoms with Crippen molar-refractivity contribution in [3.05, 3.63) is 5.82 Å². The van der Waals surface area contributed by atoms with Gasteiger partial charge in [0, 0.05) is 0 Å². The third-order valence-electron chi connectivity index (χ3n) is 1.08. The fourth-order valence-corrected chi connectivity index (χ4v) is 0.621. The number of amidine groups is 1. The highest BCUT2D eigenvalue weighted by molar-refractivity contribution is 5.89. The lowest BCUT2D eigenvalue weighted by Gasteiger charge is -1.82. The Kier molecular flexibility index (Phi) is 1.05. The van der Waals surface area contributed by atoms with Crippen LogP contribution in [0, 0.1) is 0 Å². The molecular formula is C3H3N8+. The maximum Gasteiger partial charge on any atom is 0.379 e. The zero-order valence-electron chi connectivity index (χ0n) is 5.34. The van der Waals surface area contributed by atoms with Crippen molar-refractivity contribution in [2.45, 2.75) is 0 Å². The van der Waals surface area contributed by atoms with Gasteiger partial charge in [-0.25, -0.2) is 0 Å². The number of tetrazole rings is 1. The minimum absolute atomic E-state index is 0.324. The molecule has 1 aromatic rings. The number of rotatable bonds is 1. The molecule has 0 saturated carbocycles. The smallest absolute Gasteiger partial charge is 0.177 e. The summed E-state index contributed by atoms with van der Waals surface area (Å²) < 4.78 is 1.21. The van der Waals surface area contributed by atoms with Gasteiger partial charge < -0.3 is 0 Å². The molecule has 11 heavy (non-hydrogen) atoms. The molecule has 0 unspecified atom stereocenters. The van der Waals surface area contributed by atoms with Gasteiger partial charge in [0.15, 0.2) is 0 Å². The first-order valence-electron chi connectivity index (χ1n) is 2.71. The minimum Gasteiger partial charge on any atom is -0.177 e. The van der Waals surface area contributed by atoms with Gasteiger partial charge in [-0.3, -0.25) is 0 Å². The van der Waals surface area contributed by atoms with Crippen LogP contribution in [0.4, 0.5) is 0 Å². The normalized spacial score (nSPS) is 15.6. The molecule has 2 rings (SSSR count). The molecule has 0 atom stereocenters. The van der Waals surface area contributed by atoms with E-state index in [9.17, 15) is 0 Å². The minimum atomic E-state index is 0.324. The van der Waals surface area contributed by atoms with Gasteiger partial charge >= 0.3 is 5.84 Å². The van der Waals surface area contributed by atoms with Crippen LogP contribution in [0.2, 0.25) is 0 Å². The van der Waals surface area contributed by atoms with Crippen molar-refractivity contribution in [3.63, 3.8) is 0 Å². The average molecular weight is 151 g/mol. The Hall–Kier alpha value is -1.99. The van der Waals surface area contributed by atoms with E-state index in [1.54, 1.807) is 0 Å². The number of H-pyrrole nitrogens is 1. The van der Waals surface area contributed by atoms with Gasteiger partial charge in [-0.1, -0.05) is 0 Å². The summed E-state index contributed by atoms with van der Waals surface area (Å²) in [7, 11) is 0. The molecule has 0 spiro atoms. The van der Waals surface area contributed by atoms with Crippen molar-refractivity contribution in [3.8, 4) is 0 Å². The molecule has 0 amide bonds. The van der Waals surface area contributed by atoms with Gasteiger partial charge in [0.2, 0.25) is 5.22 Å². The summed E-state index contributed by atoms with van der Waals surface area (Å²) in [6.07, 6.45) is 0. The Labute approximate surface area is 60.3 Å². The van der Waals surface area contributed by atoms with Crippen molar-refractivity contribution in [1.82, 2.24) is 20.6 Å². The summed E-state index contributed by atoms with van der Waals surface area (Å²) in [6.45, 7) is 3.50. The van der Waals surface area contributed by atoms with Crippen LogP contribution in [0.5, 0.6) is 0 Å². The van der Waals surface area contributed by atoms with Crippen molar-refractivity contribution >= 4 is 12.6 Å². The van der Waals surface area contributed by atoms with Crippen molar-refractivity contribution in [1.29, 1.82) is 0 Å². The van der Waals surface area contributed by atoms with E-state index in [0.29, 0.717) is 11.7 Å². The van der Waals surface area contributed by atoms with E-state index in [-0.39, 0.29) is 0 Å². The molecule has 8 heteroatoms. The highest BCUT2D eigenvalue weighted by Crippen LogP contribution is 2.00. The Balaban J connectivity index is 2.40. The molecule has 0 aromatic carbocycles. The third kappa shape index (κ3) is 0.801. The van der Waals surface area contributed by atoms with Crippen LogP contribution >= 0.6 is 0 Å². The zero-order valence-corrected chi connectivity index (χ0v) is 5.34. The van der Waals surface area contributed by atoms with Crippen molar-refractivity contribution in [2.24, 2.45) is 15.5 Å². The molecule has 0 bridgehead atoms. The first-order valence-corrected chi connectivity index (χ1v) is 2.71. The molecular weight excluding hydrogens is 148 g/mol. The lowest BCUT2D eigenvalue weighted by Crippen LogP contribution is -2.13. The topological polar surface area (TPSA) is 94.5 Å². The Morgan fingerprint density at radius 2 is 2.36 bits per heavy atom. The van der Waals surface area contributed by atoms with Gasteiger partial charge in [-0.15, -0.1) is 14.9 Å². The Bertz CT molecular complexity index is 330. The largest absolute Gasteiger partial charge is 0.379 e. The van der Waals surface area contributed by atoms with Crippen molar-refractivity contribution < 1.29 is 4.68 Å². The second-order valence-electron chi connectivity index (χ2n) is 1.74. The van der Waals surface area contributed by atoms with Crippen molar-refractivity contribution in [2.75, 3.05) is 0 Å². The van der Waals surface area contributed by atoms with Crippen LogP contribution < -0.4 is 0 Å². The van der Waals surface area contributed by atoms with Gasteiger partial charge in [0.1, 0.15) is 10.3 Å². The monoisotopic (exact) mass is 151 g/mol. The Morgan fingerprint density at radius 3 is 2.91 bits per heavy atom. The molecule has 0 fully saturated rings. The molecule has 0 saturated heterocycles. The van der Waals surface area contributed by atoms with Crippen LogP contribution in [0.25, 0.3) is 0 Å². The number of hydrogen-bond donors (Lipinski definition) is 1. The lowest BCUT2D eigenvalue weighted by molar-refractivity contribution is -0.404. The molecule has 1 N–H and O–H groups in total. The van der Waals surface area contributed by atoms with E-state index in [2.05, 4.69) is 42.9 Å². The second-order valence-corrected chi connectivity index (χ2v) is 1.74. The highest BCUT2D eigenvalue weighted by Gasteiger charge is 2.24. The predicted octanol–water partition coefficient (Wildman–Crippen LogP) is -1.04. The number of hydrogen-bond acceptors (Lipinski definition) is 6. The summed E-state index contributed by atoms with van der Waals surface area (Å²) in [5, 5.41) is 23.4. The average Bonchev–Trinajstić information content (AvgIpc) is 2.55. The number of aromatic amines is 1. The van der Waals surface area contributed by atoms with Crippen LogP contribution in [-0.4, -0.2) is 37.9 Å². The van der Waals surface area contributed by atoms with Crippen LogP contribution in [0.1, 0.15) is 5.82 Å². The summed E-state index contributed by atoms with van der Waals surface area (Å²) in [5.41, 5.74) is 0. The fraction of sp³-hybridized carbons (Fsp3) is 0. The molecule has 0 radical (unpaired) electrons. The molecule has 1 aliphatic heterocycles. The van der Waals surface area contributed by atoms with E-state index < -0.39 is 0 Å². The van der Waals surface area contributed by atoms with Gasteiger partial charge in [-0.05, 0) is 5.21 Å². The predicted molar refractivity (Wildman–Crippen MR) is 33.0 cm³/mol. The molecule has 0 aliphatic carbocycles. The van der Waals surface area contributed by atoms with E-state index in [4.69, 9.17) is 0 Å². The van der Waals surface area contributed by atoms with E-state index in [1.165, 1.54) is 4.68 Å². The molecule has 1 aromatic heterocycles. The SMILES string of the molecule is C=[N+]1N=NN=C1c1nn[nH]n1. The Morgan fingerprint density at radius 1 is 1.45 bits per heavy atom. The maximum absolute atomic E-state index is 3.67. The summed E-state index contributed by atoms with van der Waals surface area (Å²) in [4.78, 5) is 0. The van der Waals surface area contributed by atoms with Gasteiger partial charge in [0.05, 0.1) is 6.72 Å². The highest BCUT2D eigenvalue weighted by atomic mass is 15.6. The summed E-state index contributed by atoms with van der Waals surface area (Å²) >= 11 is 0. The third-order valence-corrected chi connectivity index (χ3v) is 1.08. The van der Waals surface area contributed by atoms with Crippen LogP contribution in [0.3, 0.4) is 0 Å². The van der Waals surface area contributed by atoms with Gasteiger partial charge in [0.25, 0.3) is 5.82 Å². The molecule has 1 aliphatic rings. The summed E-state index contributed by atoms with van der Waals surface area (Å²) in [6, 6.07) is 0. The number of aromatic nitrogens is 4. The number of nitrogens with zero attached hydrogens (tertiary/aromatic N) is 7. The van der Waals surface area contributed by atoms with E-state index >= 15 is 0 Å². The van der Waals surface area contributed by atoms with Crippen LogP contribution in [0.15, 0.2) is 15.5 Å². The quantitative estimate of drug-likeness (QED) is 0.519. The van der Waals surface area contributed by atoms with Crippen LogP contribution in [-0.2, 0) is 0 Å². The molecule has 8 nitrogen and oxygen atoms in total. The first-order chi connectivity index (χ1) is 5.38. The first kappa shape index (κ1) is 5.77. The van der Waals surface area contributed by atoms with E-state index in [0.717, 1.165) is 0 Å². The fourth-order valence-electron chi connectivity index (χ4n) is 0.621. The lowest BCUT2D eigenvalue weighted by atomic mass is 10.6.